The fourth-order valence-corrected chi connectivity index (χ4v) is 10.4. The maximum absolute atomic E-state index is 14.3. The zero-order valence-electron chi connectivity index (χ0n) is 23.3. The van der Waals surface area contributed by atoms with Gasteiger partial charge >= 0.3 is 5.97 Å². The molecule has 35 heavy (non-hydrogen) atoms. The monoisotopic (exact) mass is 482 g/mol. The molecule has 0 aliphatic heterocycles. The third-order valence-electron chi connectivity index (χ3n) is 13.0. The highest BCUT2D eigenvalue weighted by Crippen LogP contribution is 2.74. The highest BCUT2D eigenvalue weighted by atomic mass is 16.5. The molecule has 0 amide bonds. The molecule has 5 aliphatic carbocycles. The molecule has 0 aromatic rings. The van der Waals surface area contributed by atoms with Crippen LogP contribution in [-0.2, 0) is 19.1 Å². The van der Waals surface area contributed by atoms with Crippen molar-refractivity contribution in [3.8, 4) is 0 Å². The van der Waals surface area contributed by atoms with Gasteiger partial charge < -0.3 is 4.74 Å². The van der Waals surface area contributed by atoms with Crippen LogP contribution in [0, 0.1) is 50.2 Å². The van der Waals surface area contributed by atoms with Crippen LogP contribution in [0.15, 0.2) is 11.6 Å². The minimum atomic E-state index is -0.490. The molecule has 4 heteroatoms. The van der Waals surface area contributed by atoms with Gasteiger partial charge in [-0.1, -0.05) is 47.1 Å². The lowest BCUT2D eigenvalue weighted by molar-refractivity contribution is -0.188. The number of carbonyl (C=O) groups excluding carboxylic acids is 3. The van der Waals surface area contributed by atoms with Gasteiger partial charge in [-0.25, -0.2) is 0 Å². The van der Waals surface area contributed by atoms with E-state index in [1.807, 2.05) is 0 Å². The average molecular weight is 483 g/mol. The van der Waals surface area contributed by atoms with Gasteiger partial charge in [-0.15, -0.1) is 0 Å². The van der Waals surface area contributed by atoms with E-state index in [2.05, 4.69) is 54.5 Å². The van der Waals surface area contributed by atoms with Crippen molar-refractivity contribution in [1.82, 2.24) is 0 Å². The van der Waals surface area contributed by atoms with Crippen molar-refractivity contribution < 1.29 is 19.1 Å². The Hall–Kier alpha value is -1.45. The number of fused-ring (bicyclic) bond motifs is 7. The summed E-state index contributed by atoms with van der Waals surface area (Å²) in [5.41, 5.74) is 0.244. The molecule has 4 nitrogen and oxygen atoms in total. The summed E-state index contributed by atoms with van der Waals surface area (Å²) in [5, 5.41) is 0. The van der Waals surface area contributed by atoms with Gasteiger partial charge in [0.2, 0.25) is 0 Å². The zero-order valence-corrected chi connectivity index (χ0v) is 23.3. The van der Waals surface area contributed by atoms with E-state index in [1.165, 1.54) is 12.7 Å². The average Bonchev–Trinajstić information content (AvgIpc) is 2.78. The van der Waals surface area contributed by atoms with Gasteiger partial charge in [0.25, 0.3) is 0 Å². The quantitative estimate of drug-likeness (QED) is 0.390. The molecule has 0 saturated heterocycles. The molecule has 0 spiro atoms. The van der Waals surface area contributed by atoms with Gasteiger partial charge in [0.05, 0.1) is 12.5 Å². The number of Topliss-reactive ketones (excluding diaryl/α,β-unsaturated/α-hetero) is 1. The molecule has 4 fully saturated rings. The Morgan fingerprint density at radius 1 is 0.914 bits per heavy atom. The molecule has 8 atom stereocenters. The highest BCUT2D eigenvalue weighted by Gasteiger charge is 2.70. The van der Waals surface area contributed by atoms with Crippen LogP contribution in [0.2, 0.25) is 0 Å². The van der Waals surface area contributed by atoms with Gasteiger partial charge in [-0.05, 0) is 97.9 Å². The first-order chi connectivity index (χ1) is 16.1. The summed E-state index contributed by atoms with van der Waals surface area (Å²) >= 11 is 0. The Labute approximate surface area is 212 Å². The van der Waals surface area contributed by atoms with Crippen LogP contribution in [-0.4, -0.2) is 24.6 Å². The van der Waals surface area contributed by atoms with E-state index in [4.69, 9.17) is 4.74 Å². The minimum absolute atomic E-state index is 0.0465. The minimum Gasteiger partial charge on any atom is -0.469 e. The van der Waals surface area contributed by atoms with Gasteiger partial charge in [-0.2, -0.15) is 0 Å². The van der Waals surface area contributed by atoms with E-state index in [1.54, 1.807) is 0 Å². The third kappa shape index (κ3) is 3.00. The molecule has 0 aromatic heterocycles. The second-order valence-corrected chi connectivity index (χ2v) is 14.9. The van der Waals surface area contributed by atoms with E-state index in [-0.39, 0.29) is 56.6 Å². The van der Waals surface area contributed by atoms with E-state index >= 15 is 0 Å². The largest absolute Gasteiger partial charge is 0.469 e. The molecule has 0 unspecified atom stereocenters. The molecule has 0 bridgehead atoms. The number of hydrogen-bond acceptors (Lipinski definition) is 4. The molecular weight excluding hydrogens is 436 g/mol. The van der Waals surface area contributed by atoms with Crippen LogP contribution in [0.3, 0.4) is 0 Å². The Bertz CT molecular complexity index is 1020. The summed E-state index contributed by atoms with van der Waals surface area (Å²) in [6.07, 6.45) is 10.3. The molecule has 5 rings (SSSR count). The van der Waals surface area contributed by atoms with Crippen molar-refractivity contribution in [3.05, 3.63) is 11.6 Å². The molecular formula is C31H46O4. The molecule has 0 N–H and O–H groups in total. The number of hydrogen-bond donors (Lipinski definition) is 0. The van der Waals surface area contributed by atoms with E-state index < -0.39 is 5.41 Å². The molecule has 4 saturated carbocycles. The summed E-state index contributed by atoms with van der Waals surface area (Å²) in [5.74, 6) is 0.980. The first-order valence-electron chi connectivity index (χ1n) is 14.0. The Balaban J connectivity index is 1.62. The predicted octanol–water partition coefficient (Wildman–Crippen LogP) is 6.71. The predicted molar refractivity (Wildman–Crippen MR) is 136 cm³/mol. The summed E-state index contributed by atoms with van der Waals surface area (Å²) in [6.45, 7) is 15.9. The van der Waals surface area contributed by atoms with Gasteiger partial charge in [0.15, 0.2) is 5.78 Å². The number of ketones is 2. The van der Waals surface area contributed by atoms with Gasteiger partial charge in [0, 0.05) is 17.8 Å². The van der Waals surface area contributed by atoms with Crippen LogP contribution >= 0.6 is 0 Å². The maximum atomic E-state index is 14.3. The number of rotatable bonds is 1. The normalized spacial score (nSPS) is 50.7. The lowest BCUT2D eigenvalue weighted by Gasteiger charge is -2.69. The third-order valence-corrected chi connectivity index (χ3v) is 13.0. The van der Waals surface area contributed by atoms with Crippen molar-refractivity contribution in [2.45, 2.75) is 106 Å². The van der Waals surface area contributed by atoms with E-state index in [0.717, 1.165) is 51.4 Å². The van der Waals surface area contributed by atoms with Crippen molar-refractivity contribution in [1.29, 1.82) is 0 Å². The fourth-order valence-electron chi connectivity index (χ4n) is 10.4. The summed E-state index contributed by atoms with van der Waals surface area (Å²) < 4.78 is 5.24. The first kappa shape index (κ1) is 25.2. The topological polar surface area (TPSA) is 60.4 Å². The summed E-state index contributed by atoms with van der Waals surface area (Å²) in [6, 6.07) is 0. The smallest absolute Gasteiger partial charge is 0.311 e. The Morgan fingerprint density at radius 3 is 2.23 bits per heavy atom. The fraction of sp³-hybridized carbons (Fsp3) is 0.839. The first-order valence-corrected chi connectivity index (χ1v) is 14.0. The van der Waals surface area contributed by atoms with Crippen LogP contribution in [0.4, 0.5) is 0 Å². The van der Waals surface area contributed by atoms with E-state index in [9.17, 15) is 14.4 Å². The Kier molecular flexibility index (Phi) is 5.27. The maximum Gasteiger partial charge on any atom is 0.311 e. The SMILES string of the molecule is COC(=O)[C@@]1(C)CC[C@]2(C)CC[C@@]3(C)C(=CC(=O)[C@@H]4[C@]5(C)CCC(=O)C(C)(C)[C@H]5CC[C@]43C)[C@H]2C1. The molecule has 0 heterocycles. The van der Waals surface area contributed by atoms with Gasteiger partial charge in [-0.3, -0.25) is 14.4 Å². The van der Waals surface area contributed by atoms with E-state index in [0.29, 0.717) is 12.2 Å². The lowest BCUT2D eigenvalue weighted by atomic mass is 9.33. The zero-order chi connectivity index (χ0) is 25.8. The van der Waals surface area contributed by atoms with Crippen LogP contribution in [0.1, 0.15) is 106 Å². The van der Waals surface area contributed by atoms with Crippen LogP contribution in [0.5, 0.6) is 0 Å². The molecule has 5 aliphatic rings. The summed E-state index contributed by atoms with van der Waals surface area (Å²) in [7, 11) is 1.50. The molecule has 0 radical (unpaired) electrons. The molecule has 194 valence electrons. The van der Waals surface area contributed by atoms with Crippen molar-refractivity contribution >= 4 is 17.5 Å². The van der Waals surface area contributed by atoms with Crippen LogP contribution < -0.4 is 0 Å². The second kappa shape index (κ2) is 7.32. The highest BCUT2D eigenvalue weighted by molar-refractivity contribution is 5.96. The number of methoxy groups -OCH3 is 1. The number of ether oxygens (including phenoxy) is 1. The van der Waals surface area contributed by atoms with Crippen molar-refractivity contribution in [3.63, 3.8) is 0 Å². The number of carbonyl (C=O) groups is 3. The Morgan fingerprint density at radius 2 is 1.57 bits per heavy atom. The van der Waals surface area contributed by atoms with Gasteiger partial charge in [0.1, 0.15) is 5.78 Å². The number of esters is 1. The lowest BCUT2D eigenvalue weighted by Crippen LogP contribution is -2.66. The summed E-state index contributed by atoms with van der Waals surface area (Å²) in [4.78, 5) is 40.0. The standard InChI is InChI=1S/C31H46O4/c1-26(2)22-9-12-31(7)24(29(22,5)11-10-23(26)33)21(32)17-19-20-18-28(4,25(34)35-8)14-13-27(20,3)15-16-30(19,31)6/h17,20,22,24H,9-16,18H2,1-8H3/t20-,22-,24-,27-,28+,29-,30+,31-/m1/s1. The van der Waals surface area contributed by atoms with Crippen molar-refractivity contribution in [2.75, 3.05) is 7.11 Å². The second-order valence-electron chi connectivity index (χ2n) is 14.9. The van der Waals surface area contributed by atoms with Crippen molar-refractivity contribution in [2.24, 2.45) is 50.2 Å². The number of allylic oxidation sites excluding steroid dienone is 2. The van der Waals surface area contributed by atoms with Crippen LogP contribution in [0.25, 0.3) is 0 Å². The molecule has 0 aromatic carbocycles.